The van der Waals surface area contributed by atoms with Crippen LogP contribution < -0.4 is 4.90 Å². The maximum Gasteiger partial charge on any atom is 0.0541 e. The van der Waals surface area contributed by atoms with Crippen LogP contribution in [-0.4, -0.2) is 4.57 Å². The quantitative estimate of drug-likeness (QED) is 0.163. The smallest absolute Gasteiger partial charge is 0.0541 e. The molecule has 3 heteroatoms. The van der Waals surface area contributed by atoms with Crippen LogP contribution in [-0.2, 0) is 0 Å². The lowest BCUT2D eigenvalue weighted by Gasteiger charge is -2.26. The summed E-state index contributed by atoms with van der Waals surface area (Å²) in [5, 5.41) is 10.3. The molecule has 0 atom stereocenters. The van der Waals surface area contributed by atoms with E-state index in [0.29, 0.717) is 0 Å². The lowest BCUT2D eigenvalue weighted by molar-refractivity contribution is 1.17. The number of para-hydroxylation sites is 2. The minimum atomic E-state index is 1.11. The molecule has 0 saturated heterocycles. The highest BCUT2D eigenvalue weighted by Crippen LogP contribution is 2.42. The van der Waals surface area contributed by atoms with Crippen LogP contribution in [0.4, 0.5) is 17.1 Å². The Hall–Kier alpha value is -6.68. The van der Waals surface area contributed by atoms with Gasteiger partial charge < -0.3 is 9.47 Å². The normalized spacial score (nSPS) is 11.8. The van der Waals surface area contributed by atoms with Gasteiger partial charge in [-0.3, -0.25) is 0 Å². The lowest BCUT2D eigenvalue weighted by Crippen LogP contribution is -2.10. The Labute approximate surface area is 311 Å². The van der Waals surface area contributed by atoms with E-state index < -0.39 is 0 Å². The largest absolute Gasteiger partial charge is 0.310 e. The highest BCUT2D eigenvalue weighted by molar-refractivity contribution is 7.25. The Morgan fingerprint density at radius 3 is 1.62 bits per heavy atom. The van der Waals surface area contributed by atoms with E-state index in [4.69, 9.17) is 0 Å². The molecular formula is C50H32N2S. The molecule has 0 spiro atoms. The molecule has 0 unspecified atom stereocenters. The molecule has 0 aliphatic rings. The fourth-order valence-electron chi connectivity index (χ4n) is 8.24. The highest BCUT2D eigenvalue weighted by Gasteiger charge is 2.17. The van der Waals surface area contributed by atoms with E-state index in [1.54, 1.807) is 0 Å². The summed E-state index contributed by atoms with van der Waals surface area (Å²) in [5.74, 6) is 0. The van der Waals surface area contributed by atoms with Gasteiger partial charge in [0.1, 0.15) is 0 Å². The van der Waals surface area contributed by atoms with Gasteiger partial charge in [0.25, 0.3) is 0 Å². The number of hydrogen-bond donors (Lipinski definition) is 0. The van der Waals surface area contributed by atoms with Gasteiger partial charge in [0.15, 0.2) is 0 Å². The molecule has 0 amide bonds. The van der Waals surface area contributed by atoms with Crippen LogP contribution in [0.1, 0.15) is 0 Å². The van der Waals surface area contributed by atoms with Crippen LogP contribution in [0.3, 0.4) is 0 Å². The fraction of sp³-hybridized carbons (Fsp3) is 0. The van der Waals surface area contributed by atoms with Gasteiger partial charge in [-0.1, -0.05) is 115 Å². The molecule has 53 heavy (non-hydrogen) atoms. The van der Waals surface area contributed by atoms with Crippen LogP contribution in [0.2, 0.25) is 0 Å². The molecular weight excluding hydrogens is 661 g/mol. The molecule has 0 fully saturated rings. The topological polar surface area (TPSA) is 8.17 Å². The van der Waals surface area contributed by atoms with Gasteiger partial charge in [-0.15, -0.1) is 11.3 Å². The highest BCUT2D eigenvalue weighted by atomic mass is 32.1. The lowest BCUT2D eigenvalue weighted by atomic mass is 9.99. The Bertz CT molecular complexity index is 3100. The maximum atomic E-state index is 2.39. The molecule has 2 aromatic heterocycles. The van der Waals surface area contributed by atoms with E-state index in [-0.39, 0.29) is 0 Å². The molecule has 248 valence electrons. The number of benzene rings is 9. The third-order valence-corrected chi connectivity index (χ3v) is 11.9. The van der Waals surface area contributed by atoms with E-state index in [1.165, 1.54) is 74.6 Å². The zero-order valence-corrected chi connectivity index (χ0v) is 29.6. The number of anilines is 3. The van der Waals surface area contributed by atoms with Crippen molar-refractivity contribution in [2.24, 2.45) is 0 Å². The van der Waals surface area contributed by atoms with Gasteiger partial charge in [-0.2, -0.15) is 0 Å². The minimum absolute atomic E-state index is 1.11. The Balaban J connectivity index is 1.05. The van der Waals surface area contributed by atoms with Crippen molar-refractivity contribution in [2.75, 3.05) is 4.90 Å². The third kappa shape index (κ3) is 4.86. The van der Waals surface area contributed by atoms with E-state index in [2.05, 4.69) is 204 Å². The molecule has 0 N–H and O–H groups in total. The first-order valence-corrected chi connectivity index (χ1v) is 18.9. The zero-order chi connectivity index (χ0) is 34.9. The monoisotopic (exact) mass is 692 g/mol. The molecule has 0 radical (unpaired) electrons. The molecule has 9 aromatic carbocycles. The standard InChI is InChI=1S/C50H32N2S/c1-2-10-33(11-3-1)34-20-22-37(23-21-34)51(38-24-26-39(27-25-38)52-47-15-7-4-12-42(47)43-13-5-8-16-48(43)52)40-28-29-41-35(30-40)18-19-36-31-46-44-14-6-9-17-49(44)53-50(46)32-45(36)41/h1-32H. The first kappa shape index (κ1) is 30.0. The number of hydrogen-bond acceptors (Lipinski definition) is 2. The number of fused-ring (bicyclic) bond motifs is 9. The Morgan fingerprint density at radius 2 is 0.906 bits per heavy atom. The zero-order valence-electron chi connectivity index (χ0n) is 28.8. The Kier molecular flexibility index (Phi) is 6.76. The molecule has 2 heterocycles. The summed E-state index contributed by atoms with van der Waals surface area (Å²) in [6, 6.07) is 70.9. The van der Waals surface area contributed by atoms with Crippen LogP contribution in [0.15, 0.2) is 194 Å². The van der Waals surface area contributed by atoms with Crippen molar-refractivity contribution < 1.29 is 0 Å². The van der Waals surface area contributed by atoms with E-state index in [9.17, 15) is 0 Å². The van der Waals surface area contributed by atoms with Crippen LogP contribution in [0.25, 0.3) is 80.3 Å². The van der Waals surface area contributed by atoms with Gasteiger partial charge >= 0.3 is 0 Å². The molecule has 11 rings (SSSR count). The molecule has 11 aromatic rings. The van der Waals surface area contributed by atoms with Gasteiger partial charge in [0, 0.05) is 53.7 Å². The number of thiophene rings is 1. The average Bonchev–Trinajstić information content (AvgIpc) is 3.76. The summed E-state index contributed by atoms with van der Waals surface area (Å²) in [5.41, 5.74) is 9.32. The van der Waals surface area contributed by atoms with Crippen molar-refractivity contribution in [2.45, 2.75) is 0 Å². The molecule has 0 saturated carbocycles. The van der Waals surface area contributed by atoms with Crippen LogP contribution in [0.5, 0.6) is 0 Å². The molecule has 0 aliphatic heterocycles. The van der Waals surface area contributed by atoms with Crippen molar-refractivity contribution in [3.8, 4) is 16.8 Å². The van der Waals surface area contributed by atoms with Crippen molar-refractivity contribution in [3.05, 3.63) is 194 Å². The number of aromatic nitrogens is 1. The number of rotatable bonds is 5. The van der Waals surface area contributed by atoms with E-state index in [1.807, 2.05) is 11.3 Å². The van der Waals surface area contributed by atoms with Crippen LogP contribution in [0, 0.1) is 0 Å². The molecule has 2 nitrogen and oxygen atoms in total. The average molecular weight is 693 g/mol. The second-order valence-electron chi connectivity index (χ2n) is 13.8. The summed E-state index contributed by atoms with van der Waals surface area (Å²) >= 11 is 1.88. The summed E-state index contributed by atoms with van der Waals surface area (Å²) < 4.78 is 5.04. The Morgan fingerprint density at radius 1 is 0.340 bits per heavy atom. The fourth-order valence-corrected chi connectivity index (χ4v) is 9.37. The first-order chi connectivity index (χ1) is 26.3. The van der Waals surface area contributed by atoms with Gasteiger partial charge in [0.05, 0.1) is 11.0 Å². The van der Waals surface area contributed by atoms with Gasteiger partial charge in [-0.05, 0) is 112 Å². The predicted molar refractivity (Wildman–Crippen MR) is 229 cm³/mol. The van der Waals surface area contributed by atoms with Gasteiger partial charge in [0.2, 0.25) is 0 Å². The maximum absolute atomic E-state index is 2.39. The molecule has 0 aliphatic carbocycles. The van der Waals surface area contributed by atoms with Crippen LogP contribution >= 0.6 is 11.3 Å². The second-order valence-corrected chi connectivity index (χ2v) is 14.9. The second kappa shape index (κ2) is 11.9. The summed E-state index contributed by atoms with van der Waals surface area (Å²) in [7, 11) is 0. The van der Waals surface area contributed by atoms with Crippen molar-refractivity contribution >= 4 is 91.9 Å². The summed E-state index contributed by atoms with van der Waals surface area (Å²) in [6.07, 6.45) is 0. The minimum Gasteiger partial charge on any atom is -0.310 e. The third-order valence-electron chi connectivity index (χ3n) is 10.8. The SMILES string of the molecule is c1ccc(-c2ccc(N(c3ccc(-n4c5ccccc5c5ccccc54)cc3)c3ccc4c(ccc5cc6c(cc54)sc4ccccc46)c3)cc2)cc1. The summed E-state index contributed by atoms with van der Waals surface area (Å²) in [4.78, 5) is 2.38. The van der Waals surface area contributed by atoms with Crippen molar-refractivity contribution in [3.63, 3.8) is 0 Å². The van der Waals surface area contributed by atoms with Crippen molar-refractivity contribution in [1.82, 2.24) is 4.57 Å². The summed E-state index contributed by atoms with van der Waals surface area (Å²) in [6.45, 7) is 0. The first-order valence-electron chi connectivity index (χ1n) is 18.1. The van der Waals surface area contributed by atoms with Gasteiger partial charge in [-0.25, -0.2) is 0 Å². The van der Waals surface area contributed by atoms with E-state index >= 15 is 0 Å². The number of nitrogens with zero attached hydrogens (tertiary/aromatic N) is 2. The predicted octanol–water partition coefficient (Wildman–Crippen LogP) is 14.6. The molecule has 0 bridgehead atoms. The van der Waals surface area contributed by atoms with Crippen molar-refractivity contribution in [1.29, 1.82) is 0 Å². The van der Waals surface area contributed by atoms with E-state index in [0.717, 1.165) is 22.7 Å².